The predicted octanol–water partition coefficient (Wildman–Crippen LogP) is 2.77. The summed E-state index contributed by atoms with van der Waals surface area (Å²) in [5.74, 6) is 0.382. The molecule has 2 nitrogen and oxygen atoms in total. The van der Waals surface area contributed by atoms with E-state index in [0.717, 1.165) is 18.5 Å². The summed E-state index contributed by atoms with van der Waals surface area (Å²) >= 11 is 0. The van der Waals surface area contributed by atoms with Gasteiger partial charge in [0.2, 0.25) is 0 Å². The van der Waals surface area contributed by atoms with Gasteiger partial charge in [-0.1, -0.05) is 26.3 Å². The van der Waals surface area contributed by atoms with Gasteiger partial charge in [-0.05, 0) is 23.6 Å². The molecule has 0 aromatic heterocycles. The second-order valence-corrected chi connectivity index (χ2v) is 4.38. The summed E-state index contributed by atoms with van der Waals surface area (Å²) in [5.41, 5.74) is 6.95. The minimum Gasteiger partial charge on any atom is -0.372 e. The molecule has 1 unspecified atom stereocenters. The molecular formula is C13H21FN2. The van der Waals surface area contributed by atoms with Gasteiger partial charge in [-0.2, -0.15) is 0 Å². The first-order valence-electron chi connectivity index (χ1n) is 5.78. The molecule has 1 aromatic rings. The first-order chi connectivity index (χ1) is 7.58. The topological polar surface area (TPSA) is 29.3 Å². The van der Waals surface area contributed by atoms with Crippen molar-refractivity contribution in [3.63, 3.8) is 0 Å². The summed E-state index contributed by atoms with van der Waals surface area (Å²) in [6.45, 7) is 5.57. The fourth-order valence-corrected chi connectivity index (χ4v) is 1.68. The van der Waals surface area contributed by atoms with Crippen LogP contribution < -0.4 is 10.6 Å². The average molecular weight is 224 g/mol. The van der Waals surface area contributed by atoms with E-state index in [1.54, 1.807) is 6.07 Å². The summed E-state index contributed by atoms with van der Waals surface area (Å²) in [7, 11) is 1.92. The van der Waals surface area contributed by atoms with Crippen molar-refractivity contribution in [3.8, 4) is 0 Å². The molecule has 0 fully saturated rings. The van der Waals surface area contributed by atoms with Crippen LogP contribution in [0.1, 0.15) is 25.8 Å². The minimum atomic E-state index is -0.186. The maximum atomic E-state index is 13.7. The van der Waals surface area contributed by atoms with Crippen LogP contribution in [-0.4, -0.2) is 13.6 Å². The lowest BCUT2D eigenvalue weighted by atomic mass is 10.1. The molecule has 0 radical (unpaired) electrons. The van der Waals surface area contributed by atoms with Crippen LogP contribution in [0.25, 0.3) is 0 Å². The highest BCUT2D eigenvalue weighted by atomic mass is 19.1. The van der Waals surface area contributed by atoms with Gasteiger partial charge in [0.05, 0.1) is 5.69 Å². The molecule has 0 aliphatic heterocycles. The highest BCUT2D eigenvalue weighted by Crippen LogP contribution is 2.20. The Morgan fingerprint density at radius 2 is 2.12 bits per heavy atom. The van der Waals surface area contributed by atoms with Gasteiger partial charge in [0.25, 0.3) is 0 Å². The Balaban J connectivity index is 2.79. The number of halogens is 1. The Labute approximate surface area is 97.3 Å². The Bertz CT molecular complexity index is 339. The third-order valence-electron chi connectivity index (χ3n) is 2.94. The molecule has 0 bridgehead atoms. The highest BCUT2D eigenvalue weighted by molar-refractivity contribution is 5.48. The normalized spacial score (nSPS) is 12.6. The van der Waals surface area contributed by atoms with E-state index in [2.05, 4.69) is 13.8 Å². The van der Waals surface area contributed by atoms with E-state index in [1.807, 2.05) is 18.0 Å². The fraction of sp³-hybridized carbons (Fsp3) is 0.538. The zero-order valence-corrected chi connectivity index (χ0v) is 10.3. The largest absolute Gasteiger partial charge is 0.372 e. The van der Waals surface area contributed by atoms with Crippen LogP contribution in [0.4, 0.5) is 10.1 Å². The Morgan fingerprint density at radius 3 is 2.62 bits per heavy atom. The molecular weight excluding hydrogens is 203 g/mol. The van der Waals surface area contributed by atoms with Crippen LogP contribution in [0.15, 0.2) is 18.2 Å². The molecule has 3 heteroatoms. The zero-order chi connectivity index (χ0) is 12.1. The maximum Gasteiger partial charge on any atom is 0.146 e. The van der Waals surface area contributed by atoms with E-state index < -0.39 is 0 Å². The summed E-state index contributed by atoms with van der Waals surface area (Å²) in [4.78, 5) is 1.96. The van der Waals surface area contributed by atoms with Crippen LogP contribution in [0.5, 0.6) is 0 Å². The molecule has 16 heavy (non-hydrogen) atoms. The van der Waals surface area contributed by atoms with Gasteiger partial charge in [-0.25, -0.2) is 4.39 Å². The minimum absolute atomic E-state index is 0.186. The van der Waals surface area contributed by atoms with E-state index in [4.69, 9.17) is 5.73 Å². The molecule has 1 rings (SSSR count). The summed E-state index contributed by atoms with van der Waals surface area (Å²) in [6, 6.07) is 5.20. The van der Waals surface area contributed by atoms with Crippen LogP contribution in [0.3, 0.4) is 0 Å². The van der Waals surface area contributed by atoms with Gasteiger partial charge in [0.1, 0.15) is 5.82 Å². The lowest BCUT2D eigenvalue weighted by Gasteiger charge is -2.23. The van der Waals surface area contributed by atoms with Gasteiger partial charge in [-0.15, -0.1) is 0 Å². The molecule has 0 spiro atoms. The lowest BCUT2D eigenvalue weighted by Crippen LogP contribution is -2.24. The maximum absolute atomic E-state index is 13.7. The number of rotatable bonds is 5. The Hall–Kier alpha value is -1.09. The molecule has 90 valence electrons. The number of hydrogen-bond donors (Lipinski definition) is 1. The number of hydrogen-bond acceptors (Lipinski definition) is 2. The molecule has 0 saturated heterocycles. The predicted molar refractivity (Wildman–Crippen MR) is 67.0 cm³/mol. The molecule has 0 aliphatic carbocycles. The first kappa shape index (κ1) is 13.0. The van der Waals surface area contributed by atoms with Crippen molar-refractivity contribution in [3.05, 3.63) is 29.6 Å². The van der Waals surface area contributed by atoms with Gasteiger partial charge in [0.15, 0.2) is 0 Å². The zero-order valence-electron chi connectivity index (χ0n) is 10.3. The van der Waals surface area contributed by atoms with Gasteiger partial charge in [-0.3, -0.25) is 0 Å². The van der Waals surface area contributed by atoms with Crippen LogP contribution in [-0.2, 0) is 6.54 Å². The quantitative estimate of drug-likeness (QED) is 0.833. The second kappa shape index (κ2) is 5.85. The lowest BCUT2D eigenvalue weighted by molar-refractivity contribution is 0.550. The van der Waals surface area contributed by atoms with Gasteiger partial charge < -0.3 is 10.6 Å². The first-order valence-corrected chi connectivity index (χ1v) is 5.78. The number of nitrogens with zero attached hydrogens (tertiary/aromatic N) is 1. The molecule has 0 aliphatic rings. The number of benzene rings is 1. The van der Waals surface area contributed by atoms with E-state index in [-0.39, 0.29) is 5.82 Å². The molecule has 0 saturated carbocycles. The van der Waals surface area contributed by atoms with Crippen LogP contribution >= 0.6 is 0 Å². The van der Waals surface area contributed by atoms with Gasteiger partial charge in [0, 0.05) is 20.1 Å². The van der Waals surface area contributed by atoms with Crippen LogP contribution in [0, 0.1) is 11.7 Å². The SMILES string of the molecule is CCC(C)CN(C)c1ccc(CN)cc1F. The highest BCUT2D eigenvalue weighted by Gasteiger charge is 2.10. The third-order valence-corrected chi connectivity index (χ3v) is 2.94. The monoisotopic (exact) mass is 224 g/mol. The van der Waals surface area contributed by atoms with Gasteiger partial charge >= 0.3 is 0 Å². The van der Waals surface area contributed by atoms with Crippen molar-refractivity contribution in [2.75, 3.05) is 18.5 Å². The number of nitrogens with two attached hydrogens (primary N) is 1. The fourth-order valence-electron chi connectivity index (χ4n) is 1.68. The van der Waals surface area contributed by atoms with Crippen molar-refractivity contribution in [2.45, 2.75) is 26.8 Å². The van der Waals surface area contributed by atoms with E-state index in [9.17, 15) is 4.39 Å². The molecule has 0 heterocycles. The average Bonchev–Trinajstić information content (AvgIpc) is 2.28. The molecule has 0 amide bonds. The number of anilines is 1. The van der Waals surface area contributed by atoms with Crippen molar-refractivity contribution < 1.29 is 4.39 Å². The van der Waals surface area contributed by atoms with Crippen molar-refractivity contribution in [1.82, 2.24) is 0 Å². The van der Waals surface area contributed by atoms with Crippen molar-refractivity contribution in [2.24, 2.45) is 11.7 Å². The summed E-state index contributed by atoms with van der Waals surface area (Å²) < 4.78 is 13.7. The Kier molecular flexibility index (Phi) is 4.74. The third kappa shape index (κ3) is 3.20. The molecule has 1 aromatic carbocycles. The van der Waals surface area contributed by atoms with E-state index in [1.165, 1.54) is 6.07 Å². The van der Waals surface area contributed by atoms with Crippen molar-refractivity contribution >= 4 is 5.69 Å². The van der Waals surface area contributed by atoms with Crippen molar-refractivity contribution in [1.29, 1.82) is 0 Å². The van der Waals surface area contributed by atoms with E-state index >= 15 is 0 Å². The Morgan fingerprint density at radius 1 is 1.44 bits per heavy atom. The smallest absolute Gasteiger partial charge is 0.146 e. The van der Waals surface area contributed by atoms with E-state index in [0.29, 0.717) is 18.2 Å². The summed E-state index contributed by atoms with van der Waals surface area (Å²) in [6.07, 6.45) is 1.10. The molecule has 2 N–H and O–H groups in total. The van der Waals surface area contributed by atoms with Crippen LogP contribution in [0.2, 0.25) is 0 Å². The summed E-state index contributed by atoms with van der Waals surface area (Å²) in [5, 5.41) is 0. The second-order valence-electron chi connectivity index (χ2n) is 4.38. The molecule has 1 atom stereocenters. The standard InChI is InChI=1S/C13H21FN2/c1-4-10(2)9-16(3)13-6-5-11(8-15)7-12(13)14/h5-7,10H,4,8-9,15H2,1-3H3.